The normalized spacial score (nSPS) is 21.7. The molecule has 16 nitrogen and oxygen atoms in total. The number of anilines is 2. The summed E-state index contributed by atoms with van der Waals surface area (Å²) in [4.78, 5) is 31.5. The van der Waals surface area contributed by atoms with Crippen LogP contribution in [0.5, 0.6) is 34.5 Å². The number of hydrogen-bond donors (Lipinski definition) is 5. The SMILES string of the molecule is COc1cc(NC(=O)N[C@@H]2C[C@H](CO)C[C@H]2N2CCC(Cc3ccc(Cl)cc3)CC2)cc(OC)c1OC.COc1cc(NC(=O)N[C@@H]2C[C@H](CO[Si](C)(C)C(C)(C)C)C[C@H]2N2CCC(Cc3ccc(Cl)cc3)CC2)cc(OC)c1OC.Cl. The third-order valence-electron chi connectivity index (χ3n) is 17.6. The van der Waals surface area contributed by atoms with Gasteiger partial charge in [0.2, 0.25) is 11.5 Å². The molecule has 4 aromatic carbocycles. The van der Waals surface area contributed by atoms with Gasteiger partial charge >= 0.3 is 12.1 Å². The van der Waals surface area contributed by atoms with E-state index in [1.165, 1.54) is 25.3 Å². The van der Waals surface area contributed by atoms with Gasteiger partial charge in [-0.2, -0.15) is 0 Å². The molecule has 20 heteroatoms. The number of benzene rings is 4. The second-order valence-electron chi connectivity index (χ2n) is 23.9. The van der Waals surface area contributed by atoms with Gasteiger partial charge in [-0.15, -0.1) is 12.4 Å². The van der Waals surface area contributed by atoms with E-state index in [4.69, 9.17) is 56.0 Å². The summed E-state index contributed by atoms with van der Waals surface area (Å²) < 4.78 is 39.2. The van der Waals surface area contributed by atoms with E-state index in [0.29, 0.717) is 63.6 Å². The third-order valence-corrected chi connectivity index (χ3v) is 22.6. The highest BCUT2D eigenvalue weighted by Gasteiger charge is 2.43. The van der Waals surface area contributed by atoms with Crippen LogP contribution < -0.4 is 49.7 Å². The molecule has 0 aromatic heterocycles. The lowest BCUT2D eigenvalue weighted by Gasteiger charge is -2.39. The summed E-state index contributed by atoms with van der Waals surface area (Å²) in [5, 5.41) is 24.0. The number of hydrogen-bond acceptors (Lipinski definition) is 12. The molecule has 82 heavy (non-hydrogen) atoms. The van der Waals surface area contributed by atoms with Gasteiger partial charge in [0.05, 0.1) is 54.0 Å². The number of ether oxygens (including phenoxy) is 6. The van der Waals surface area contributed by atoms with E-state index in [1.54, 1.807) is 52.7 Å². The predicted octanol–water partition coefficient (Wildman–Crippen LogP) is 12.6. The predicted molar refractivity (Wildman–Crippen MR) is 333 cm³/mol. The molecule has 0 bridgehead atoms. The molecule has 5 N–H and O–H groups in total. The fraction of sp³-hybridized carbons (Fsp3) is 0.581. The zero-order valence-corrected chi connectivity index (χ0v) is 53.4. The summed E-state index contributed by atoms with van der Waals surface area (Å²) in [6.07, 6.45) is 10.2. The lowest BCUT2D eigenvalue weighted by Crippen LogP contribution is -2.52. The number of nitrogens with zero attached hydrogens (tertiary/aromatic N) is 2. The molecule has 8 rings (SSSR count). The Kier molecular flexibility index (Phi) is 24.9. The molecule has 2 saturated heterocycles. The van der Waals surface area contributed by atoms with Crippen LogP contribution in [-0.2, 0) is 17.3 Å². The van der Waals surface area contributed by atoms with E-state index in [9.17, 15) is 14.7 Å². The maximum Gasteiger partial charge on any atom is 0.319 e. The van der Waals surface area contributed by atoms with Crippen LogP contribution in [0.2, 0.25) is 28.2 Å². The summed E-state index contributed by atoms with van der Waals surface area (Å²) in [5.74, 6) is 4.75. The average molecular weight is 1210 g/mol. The van der Waals surface area contributed by atoms with Crippen LogP contribution in [0.4, 0.5) is 21.0 Å². The highest BCUT2D eigenvalue weighted by atomic mass is 35.5. The molecule has 4 amide bonds. The maximum atomic E-state index is 13.4. The number of halogens is 3. The number of carbonyl (C=O) groups excluding carboxylic acids is 2. The van der Waals surface area contributed by atoms with E-state index in [0.717, 1.165) is 107 Å². The van der Waals surface area contributed by atoms with E-state index < -0.39 is 8.32 Å². The molecule has 2 aliphatic heterocycles. The van der Waals surface area contributed by atoms with Gasteiger partial charge in [-0.3, -0.25) is 9.80 Å². The van der Waals surface area contributed by atoms with Gasteiger partial charge in [-0.1, -0.05) is 68.2 Å². The Morgan fingerprint density at radius 3 is 1.24 bits per heavy atom. The van der Waals surface area contributed by atoms with Crippen LogP contribution in [-0.4, -0.2) is 142 Å². The molecule has 2 aliphatic carbocycles. The summed E-state index contributed by atoms with van der Waals surface area (Å²) in [7, 11) is 7.44. The smallest absolute Gasteiger partial charge is 0.319 e. The lowest BCUT2D eigenvalue weighted by atomic mass is 9.89. The van der Waals surface area contributed by atoms with Gasteiger partial charge in [-0.05, 0) is 168 Å². The minimum atomic E-state index is -1.87. The average Bonchev–Trinajstić information content (AvgIpc) is 4.09. The lowest BCUT2D eigenvalue weighted by molar-refractivity contribution is 0.115. The Labute approximate surface area is 504 Å². The Hall–Kier alpha value is -4.85. The van der Waals surface area contributed by atoms with E-state index in [1.807, 2.05) is 24.3 Å². The summed E-state index contributed by atoms with van der Waals surface area (Å²) in [5.41, 5.74) is 3.79. The highest BCUT2D eigenvalue weighted by molar-refractivity contribution is 6.74. The molecule has 0 unspecified atom stereocenters. The van der Waals surface area contributed by atoms with Crippen molar-refractivity contribution in [3.8, 4) is 34.5 Å². The first-order chi connectivity index (χ1) is 38.8. The molecule has 0 spiro atoms. The number of aliphatic hydroxyl groups excluding tert-OH is 1. The molecule has 4 fully saturated rings. The van der Waals surface area contributed by atoms with Crippen molar-refractivity contribution in [2.45, 2.75) is 127 Å². The first-order valence-corrected chi connectivity index (χ1v) is 32.4. The summed E-state index contributed by atoms with van der Waals surface area (Å²) in [6, 6.07) is 23.2. The Bertz CT molecular complexity index is 2600. The molecule has 4 aliphatic rings. The maximum absolute atomic E-state index is 13.4. The number of piperidine rings is 2. The van der Waals surface area contributed by atoms with Crippen molar-refractivity contribution in [3.05, 3.63) is 94.0 Å². The Balaban J connectivity index is 0.000000264. The van der Waals surface area contributed by atoms with Crippen LogP contribution in [0.3, 0.4) is 0 Å². The van der Waals surface area contributed by atoms with Crippen molar-refractivity contribution in [1.29, 1.82) is 0 Å². The first kappa shape index (κ1) is 66.3. The number of urea groups is 2. The largest absolute Gasteiger partial charge is 0.493 e. The quantitative estimate of drug-likeness (QED) is 0.0531. The molecular formula is C62H91Cl3N6O10Si. The number of aliphatic hydroxyl groups is 1. The van der Waals surface area contributed by atoms with Gasteiger partial charge in [-0.25, -0.2) is 9.59 Å². The molecule has 4 aromatic rings. The van der Waals surface area contributed by atoms with Gasteiger partial charge in [0.25, 0.3) is 0 Å². The van der Waals surface area contributed by atoms with Crippen LogP contribution in [0.1, 0.15) is 83.3 Å². The number of likely N-dealkylation sites (tertiary alicyclic amines) is 2. The number of amides is 4. The van der Waals surface area contributed by atoms with Crippen molar-refractivity contribution in [1.82, 2.24) is 20.4 Å². The zero-order chi connectivity index (χ0) is 58.4. The van der Waals surface area contributed by atoms with Crippen LogP contribution in [0, 0.1) is 23.7 Å². The first-order valence-electron chi connectivity index (χ1n) is 28.7. The topological polar surface area (TPSA) is 174 Å². The molecule has 454 valence electrons. The second kappa shape index (κ2) is 30.8. The van der Waals surface area contributed by atoms with Crippen LogP contribution in [0.25, 0.3) is 0 Å². The van der Waals surface area contributed by atoms with Crippen molar-refractivity contribution >= 4 is 67.4 Å². The molecule has 2 saturated carbocycles. The Morgan fingerprint density at radius 1 is 0.561 bits per heavy atom. The molecule has 2 heterocycles. The fourth-order valence-electron chi connectivity index (χ4n) is 12.0. The van der Waals surface area contributed by atoms with Crippen molar-refractivity contribution in [2.24, 2.45) is 23.7 Å². The van der Waals surface area contributed by atoms with Crippen LogP contribution in [0.15, 0.2) is 72.8 Å². The van der Waals surface area contributed by atoms with Gasteiger partial charge in [0.15, 0.2) is 31.3 Å². The minimum absolute atomic E-state index is 0. The highest BCUT2D eigenvalue weighted by Crippen LogP contribution is 2.43. The van der Waals surface area contributed by atoms with Gasteiger partial charge < -0.3 is 59.2 Å². The van der Waals surface area contributed by atoms with E-state index >= 15 is 0 Å². The van der Waals surface area contributed by atoms with Gasteiger partial charge in [0, 0.05) is 71.7 Å². The molecular weight excluding hydrogens is 1120 g/mol. The third kappa shape index (κ3) is 17.8. The van der Waals surface area contributed by atoms with E-state index in [-0.39, 0.29) is 66.2 Å². The second-order valence-corrected chi connectivity index (χ2v) is 29.6. The molecule has 6 atom stereocenters. The fourth-order valence-corrected chi connectivity index (χ4v) is 13.4. The van der Waals surface area contributed by atoms with Crippen molar-refractivity contribution < 1.29 is 47.5 Å². The number of nitrogens with one attached hydrogen (secondary N) is 4. The zero-order valence-electron chi connectivity index (χ0n) is 50.0. The summed E-state index contributed by atoms with van der Waals surface area (Å²) in [6.45, 7) is 16.4. The molecule has 0 radical (unpaired) electrons. The van der Waals surface area contributed by atoms with Gasteiger partial charge in [0.1, 0.15) is 0 Å². The Morgan fingerprint density at radius 2 is 0.915 bits per heavy atom. The number of methoxy groups -OCH3 is 6. The number of rotatable bonds is 20. The summed E-state index contributed by atoms with van der Waals surface area (Å²) >= 11 is 12.1. The number of carbonyl (C=O) groups is 2. The minimum Gasteiger partial charge on any atom is -0.493 e. The monoisotopic (exact) mass is 1210 g/mol. The van der Waals surface area contributed by atoms with Crippen LogP contribution >= 0.6 is 35.6 Å². The van der Waals surface area contributed by atoms with Crippen molar-refractivity contribution in [2.75, 3.05) is 92.7 Å². The van der Waals surface area contributed by atoms with Crippen molar-refractivity contribution in [3.63, 3.8) is 0 Å². The standard InChI is InChI=1S/C34H52ClN3O5Si.C28H38ClN3O5.ClH/c1-34(2,3)44(7,8)43-22-25-18-28(37-33(39)36-27-20-30(40-4)32(42-6)31(21-27)41-5)29(19-25)38-15-13-24(14-16-38)17-23-9-11-26(35)12-10-23;1-35-25-15-22(16-26(36-2)27(25)37-3)30-28(34)31-23-13-20(17-33)14-24(23)32-10-8-19(9-11-32)12-18-4-6-21(29)7-5-18;/h9-12,20-21,24-25,28-29H,13-19,22H2,1-8H3,(H2,36,37,39);4-7,15-16,19-20,23-24,33H,8-14,17H2,1-3H3,(H2,30,31,34);1H/t25-,28+,29+;20-,23+,24+;/m00./s1. The van der Waals surface area contributed by atoms with E-state index in [2.05, 4.69) is 89.2 Å².